The Morgan fingerprint density at radius 3 is 2.69 bits per heavy atom. The first-order valence-corrected chi connectivity index (χ1v) is 11.5. The van der Waals surface area contributed by atoms with Crippen molar-refractivity contribution in [3.8, 4) is 5.75 Å². The zero-order valence-electron chi connectivity index (χ0n) is 19.4. The molecule has 3 aromatic rings. The van der Waals surface area contributed by atoms with Gasteiger partial charge in [-0.2, -0.15) is 0 Å². The summed E-state index contributed by atoms with van der Waals surface area (Å²) in [4.78, 5) is 18.3. The Morgan fingerprint density at radius 2 is 1.97 bits per heavy atom. The van der Waals surface area contributed by atoms with Crippen LogP contribution in [0.5, 0.6) is 5.75 Å². The Bertz CT molecular complexity index is 1240. The molecule has 0 aliphatic carbocycles. The van der Waals surface area contributed by atoms with E-state index < -0.39 is 28.8 Å². The number of rotatable bonds is 9. The maximum atomic E-state index is 14.6. The highest BCUT2D eigenvalue weighted by molar-refractivity contribution is 5.83. The maximum Gasteiger partial charge on any atom is 0.310 e. The van der Waals surface area contributed by atoms with Crippen molar-refractivity contribution < 1.29 is 27.8 Å². The van der Waals surface area contributed by atoms with Crippen LogP contribution in [0.15, 0.2) is 48.7 Å². The van der Waals surface area contributed by atoms with Crippen LogP contribution in [-0.2, 0) is 11.2 Å². The first-order valence-electron chi connectivity index (χ1n) is 11.5. The Balaban J connectivity index is 1.42. The van der Waals surface area contributed by atoms with Gasteiger partial charge in [0.2, 0.25) is 0 Å². The molecule has 1 aromatic heterocycles. The number of hydrogen-bond donors (Lipinski definition) is 1. The van der Waals surface area contributed by atoms with Crippen molar-refractivity contribution in [1.29, 1.82) is 0 Å². The molecule has 1 saturated heterocycles. The van der Waals surface area contributed by atoms with Crippen LogP contribution in [0, 0.1) is 22.9 Å². The fraction of sp³-hybridized carbons (Fsp3) is 0.333. The van der Waals surface area contributed by atoms with Crippen LogP contribution in [0.1, 0.15) is 30.4 Å². The van der Waals surface area contributed by atoms with Crippen molar-refractivity contribution in [3.05, 3.63) is 77.2 Å². The van der Waals surface area contributed by atoms with Crippen LogP contribution in [-0.4, -0.2) is 47.7 Å². The van der Waals surface area contributed by atoms with E-state index in [0.29, 0.717) is 67.5 Å². The number of aliphatic carboxylic acids is 1. The van der Waals surface area contributed by atoms with Crippen LogP contribution in [0.4, 0.5) is 13.2 Å². The molecule has 1 aliphatic rings. The molecule has 1 fully saturated rings. The number of ether oxygens (including phenoxy) is 1. The van der Waals surface area contributed by atoms with Crippen molar-refractivity contribution in [3.63, 3.8) is 0 Å². The monoisotopic (exact) mass is 484 g/mol. The number of carboxylic acid groups (broad SMARTS) is 1. The van der Waals surface area contributed by atoms with Gasteiger partial charge in [0, 0.05) is 24.0 Å². The van der Waals surface area contributed by atoms with Gasteiger partial charge in [0.1, 0.15) is 23.2 Å². The molecule has 4 rings (SSSR count). The fourth-order valence-corrected chi connectivity index (χ4v) is 4.78. The van der Waals surface area contributed by atoms with E-state index in [0.717, 1.165) is 0 Å². The van der Waals surface area contributed by atoms with E-state index in [9.17, 15) is 23.1 Å². The smallest absolute Gasteiger partial charge is 0.310 e. The van der Waals surface area contributed by atoms with E-state index in [1.807, 2.05) is 4.90 Å². The third-order valence-corrected chi connectivity index (χ3v) is 6.75. The van der Waals surface area contributed by atoms with Crippen LogP contribution in [0.2, 0.25) is 0 Å². The predicted octanol–water partition coefficient (Wildman–Crippen LogP) is 5.47. The second-order valence-electron chi connectivity index (χ2n) is 8.93. The molecule has 184 valence electrons. The molecule has 8 heteroatoms. The third kappa shape index (κ3) is 5.32. The topological polar surface area (TPSA) is 62.7 Å². The highest BCUT2D eigenvalue weighted by Crippen LogP contribution is 2.37. The molecule has 0 radical (unpaired) electrons. The summed E-state index contributed by atoms with van der Waals surface area (Å²) in [5.41, 5.74) is 0.0903. The number of nitrogens with zero attached hydrogens (tertiary/aromatic N) is 2. The first-order chi connectivity index (χ1) is 16.8. The normalized spacial score (nSPS) is 18.5. The van der Waals surface area contributed by atoms with Gasteiger partial charge in [-0.05, 0) is 68.1 Å². The van der Waals surface area contributed by atoms with Crippen molar-refractivity contribution in [2.45, 2.75) is 25.7 Å². The van der Waals surface area contributed by atoms with E-state index >= 15 is 0 Å². The lowest BCUT2D eigenvalue weighted by Gasteiger charge is -2.24. The number of halogens is 3. The zero-order valence-corrected chi connectivity index (χ0v) is 19.4. The molecule has 2 heterocycles. The lowest BCUT2D eigenvalue weighted by molar-refractivity contribution is -0.148. The maximum absolute atomic E-state index is 14.6. The molecule has 1 atom stereocenters. The molecule has 0 bridgehead atoms. The van der Waals surface area contributed by atoms with Crippen molar-refractivity contribution in [2.75, 3.05) is 26.7 Å². The lowest BCUT2D eigenvalue weighted by Crippen LogP contribution is -2.35. The summed E-state index contributed by atoms with van der Waals surface area (Å²) < 4.78 is 47.5. The number of hydrogen-bond acceptors (Lipinski definition) is 4. The number of fused-ring (bicyclic) bond motifs is 1. The van der Waals surface area contributed by atoms with Crippen LogP contribution in [0.3, 0.4) is 0 Å². The van der Waals surface area contributed by atoms with Gasteiger partial charge < -0.3 is 9.84 Å². The average Bonchev–Trinajstić information content (AvgIpc) is 3.26. The number of carbonyl (C=O) groups is 1. The van der Waals surface area contributed by atoms with Gasteiger partial charge >= 0.3 is 5.97 Å². The quantitative estimate of drug-likeness (QED) is 0.436. The van der Waals surface area contributed by atoms with Gasteiger partial charge in [-0.15, -0.1) is 0 Å². The number of aryl methyl sites for hydroxylation is 1. The van der Waals surface area contributed by atoms with Gasteiger partial charge in [-0.25, -0.2) is 13.2 Å². The highest BCUT2D eigenvalue weighted by atomic mass is 19.1. The molecule has 1 aliphatic heterocycles. The summed E-state index contributed by atoms with van der Waals surface area (Å²) >= 11 is 0. The SMILES string of the molecule is COc1ccc2ncc(F)c(CCCC3(C(=O)O)CCN(CC=Cc4c(F)cccc4F)C3)c2c1. The number of pyridine rings is 1. The van der Waals surface area contributed by atoms with Crippen molar-refractivity contribution >= 4 is 22.9 Å². The van der Waals surface area contributed by atoms with Gasteiger partial charge in [-0.3, -0.25) is 14.7 Å². The Hall–Kier alpha value is -3.39. The Morgan fingerprint density at radius 1 is 1.20 bits per heavy atom. The lowest BCUT2D eigenvalue weighted by atomic mass is 9.81. The Kier molecular flexibility index (Phi) is 7.40. The fourth-order valence-electron chi connectivity index (χ4n) is 4.78. The molecular formula is C27H27F3N2O3. The zero-order chi connectivity index (χ0) is 25.0. The molecular weight excluding hydrogens is 457 g/mol. The minimum absolute atomic E-state index is 0.112. The van der Waals surface area contributed by atoms with Crippen molar-refractivity contribution in [2.24, 2.45) is 5.41 Å². The van der Waals surface area contributed by atoms with E-state index in [1.165, 1.54) is 37.6 Å². The predicted molar refractivity (Wildman–Crippen MR) is 128 cm³/mol. The van der Waals surface area contributed by atoms with E-state index in [-0.39, 0.29) is 5.56 Å². The van der Waals surface area contributed by atoms with Gasteiger partial charge in [0.05, 0.1) is 24.2 Å². The summed E-state index contributed by atoms with van der Waals surface area (Å²) in [5.74, 6) is -1.99. The molecule has 0 saturated carbocycles. The number of aromatic nitrogens is 1. The van der Waals surface area contributed by atoms with Crippen LogP contribution in [0.25, 0.3) is 17.0 Å². The second kappa shape index (κ2) is 10.5. The minimum Gasteiger partial charge on any atom is -0.497 e. The standard InChI is InChI=1S/C27H27F3N2O3/c1-35-18-9-10-25-21(15-18)19(24(30)16-31-25)5-3-11-27(26(33)34)12-14-32(17-27)13-4-6-20-22(28)7-2-8-23(20)29/h2,4,6-10,15-16H,3,5,11-14,17H2,1H3,(H,33,34). The summed E-state index contributed by atoms with van der Waals surface area (Å²) in [6, 6.07) is 8.97. The Labute approximate surface area is 201 Å². The minimum atomic E-state index is -0.950. The van der Waals surface area contributed by atoms with Crippen LogP contribution >= 0.6 is 0 Å². The largest absolute Gasteiger partial charge is 0.497 e. The number of likely N-dealkylation sites (tertiary alicyclic amines) is 1. The third-order valence-electron chi connectivity index (χ3n) is 6.75. The van der Waals surface area contributed by atoms with E-state index in [4.69, 9.17) is 4.74 Å². The summed E-state index contributed by atoms with van der Waals surface area (Å²) in [6.07, 6.45) is 5.93. The van der Waals surface area contributed by atoms with Crippen molar-refractivity contribution in [1.82, 2.24) is 9.88 Å². The number of carboxylic acids is 1. The van der Waals surface area contributed by atoms with Crippen LogP contribution < -0.4 is 4.74 Å². The molecule has 35 heavy (non-hydrogen) atoms. The molecule has 0 amide bonds. The number of methoxy groups -OCH3 is 1. The first kappa shape index (κ1) is 24.7. The molecule has 1 unspecified atom stereocenters. The molecule has 2 aromatic carbocycles. The molecule has 0 spiro atoms. The highest BCUT2D eigenvalue weighted by Gasteiger charge is 2.43. The van der Waals surface area contributed by atoms with Gasteiger partial charge in [-0.1, -0.05) is 18.2 Å². The van der Waals surface area contributed by atoms with E-state index in [2.05, 4.69) is 4.98 Å². The van der Waals surface area contributed by atoms with E-state index in [1.54, 1.807) is 24.3 Å². The summed E-state index contributed by atoms with van der Waals surface area (Å²) in [5, 5.41) is 10.7. The summed E-state index contributed by atoms with van der Waals surface area (Å²) in [6.45, 7) is 1.26. The van der Waals surface area contributed by atoms with Gasteiger partial charge in [0.15, 0.2) is 0 Å². The molecule has 1 N–H and O–H groups in total. The molecule has 5 nitrogen and oxygen atoms in total. The van der Waals surface area contributed by atoms with Gasteiger partial charge in [0.25, 0.3) is 0 Å². The average molecular weight is 485 g/mol. The second-order valence-corrected chi connectivity index (χ2v) is 8.93. The summed E-state index contributed by atoms with van der Waals surface area (Å²) in [7, 11) is 1.54. The number of benzene rings is 2.